The number of thiazole rings is 1. The average molecular weight is 313 g/mol. The molecule has 0 saturated heterocycles. The highest BCUT2D eigenvalue weighted by atomic mass is 32.1. The Bertz CT molecular complexity index is 515. The van der Waals surface area contributed by atoms with Gasteiger partial charge >= 0.3 is 5.97 Å². The van der Waals surface area contributed by atoms with Crippen LogP contribution in [0.5, 0.6) is 0 Å². The van der Waals surface area contributed by atoms with Crippen LogP contribution in [0.2, 0.25) is 0 Å². The smallest absolute Gasteiger partial charge is 0.358 e. The highest BCUT2D eigenvalue weighted by Gasteiger charge is 2.15. The first-order valence-corrected chi connectivity index (χ1v) is 7.50. The lowest BCUT2D eigenvalue weighted by atomic mass is 10.2. The number of aromatic nitrogens is 1. The lowest BCUT2D eigenvalue weighted by Crippen LogP contribution is -2.35. The third kappa shape index (κ3) is 6.35. The molecule has 2 amide bonds. The molecule has 0 aliphatic heterocycles. The summed E-state index contributed by atoms with van der Waals surface area (Å²) in [6.45, 7) is 4.92. The minimum atomic E-state index is -0.693. The number of ether oxygens (including phenoxy) is 1. The monoisotopic (exact) mass is 313 g/mol. The molecule has 1 atom stereocenters. The fraction of sp³-hybridized carbons (Fsp3) is 0.538. The van der Waals surface area contributed by atoms with E-state index in [4.69, 9.17) is 4.74 Å². The lowest BCUT2D eigenvalue weighted by molar-refractivity contribution is -0.124. The summed E-state index contributed by atoms with van der Waals surface area (Å²) >= 11 is 1.11. The van der Waals surface area contributed by atoms with Crippen LogP contribution in [0.25, 0.3) is 0 Å². The second-order valence-corrected chi connectivity index (χ2v) is 5.41. The topological polar surface area (TPSA) is 97.4 Å². The zero-order valence-electron chi connectivity index (χ0n) is 12.3. The maximum Gasteiger partial charge on any atom is 0.358 e. The second kappa shape index (κ2) is 8.35. The van der Waals surface area contributed by atoms with Crippen molar-refractivity contribution in [1.29, 1.82) is 0 Å². The molecule has 7 nitrogen and oxygen atoms in total. The van der Waals surface area contributed by atoms with Crippen LogP contribution in [0.1, 0.15) is 44.1 Å². The number of nitrogens with one attached hydrogen (secondary N) is 2. The number of hydrogen-bond donors (Lipinski definition) is 2. The van der Waals surface area contributed by atoms with Crippen molar-refractivity contribution in [2.45, 2.75) is 39.7 Å². The summed E-state index contributed by atoms with van der Waals surface area (Å²) in [4.78, 5) is 38.0. The predicted molar refractivity (Wildman–Crippen MR) is 79.2 cm³/mol. The van der Waals surface area contributed by atoms with E-state index in [0.29, 0.717) is 5.13 Å². The molecule has 0 saturated carbocycles. The van der Waals surface area contributed by atoms with E-state index in [1.54, 1.807) is 0 Å². The fourth-order valence-corrected chi connectivity index (χ4v) is 2.33. The van der Waals surface area contributed by atoms with Crippen molar-refractivity contribution in [3.63, 3.8) is 0 Å². The third-order valence-corrected chi connectivity index (χ3v) is 3.22. The molecule has 21 heavy (non-hydrogen) atoms. The molecule has 0 aliphatic carbocycles. The number of esters is 1. The molecule has 0 bridgehead atoms. The molecule has 8 heteroatoms. The Morgan fingerprint density at radius 1 is 1.43 bits per heavy atom. The van der Waals surface area contributed by atoms with Crippen LogP contribution in [0.15, 0.2) is 5.38 Å². The van der Waals surface area contributed by atoms with Crippen LogP contribution in [0.4, 0.5) is 5.13 Å². The molecular formula is C13H19N3O4S. The summed E-state index contributed by atoms with van der Waals surface area (Å²) in [6.07, 6.45) is 1.83. The molecule has 1 aromatic rings. The summed E-state index contributed by atoms with van der Waals surface area (Å²) in [7, 11) is 0. The van der Waals surface area contributed by atoms with Crippen molar-refractivity contribution in [1.82, 2.24) is 10.3 Å². The Labute approximate surface area is 127 Å². The summed E-state index contributed by atoms with van der Waals surface area (Å²) in [5.41, 5.74) is 0.0677. The van der Waals surface area contributed by atoms with Crippen molar-refractivity contribution >= 4 is 34.3 Å². The lowest BCUT2D eigenvalue weighted by Gasteiger charge is -2.12. The van der Waals surface area contributed by atoms with Gasteiger partial charge in [0.1, 0.15) is 0 Å². The van der Waals surface area contributed by atoms with Crippen molar-refractivity contribution in [2.24, 2.45) is 0 Å². The van der Waals surface area contributed by atoms with Crippen molar-refractivity contribution < 1.29 is 19.1 Å². The second-order valence-electron chi connectivity index (χ2n) is 4.55. The zero-order chi connectivity index (χ0) is 15.8. The first-order chi connectivity index (χ1) is 9.92. The largest absolute Gasteiger partial charge is 0.451 e. The molecule has 1 rings (SSSR count). The Morgan fingerprint density at radius 3 is 2.76 bits per heavy atom. The minimum absolute atomic E-state index is 0.0480. The standard InChI is InChI=1S/C13H19N3O4S/c1-4-5-8(2)14-11(18)6-20-12(19)10-7-21-13(16-10)15-9(3)17/h7-8H,4-6H2,1-3H3,(H,14,18)(H,15,16,17). The van der Waals surface area contributed by atoms with Gasteiger partial charge in [0.05, 0.1) is 0 Å². The van der Waals surface area contributed by atoms with E-state index in [1.807, 2.05) is 13.8 Å². The van der Waals surface area contributed by atoms with Gasteiger partial charge in [-0.2, -0.15) is 0 Å². The Balaban J connectivity index is 2.41. The van der Waals surface area contributed by atoms with Gasteiger partial charge in [0.15, 0.2) is 17.4 Å². The predicted octanol–water partition coefficient (Wildman–Crippen LogP) is 1.56. The van der Waals surface area contributed by atoms with E-state index in [2.05, 4.69) is 15.6 Å². The number of carbonyl (C=O) groups excluding carboxylic acids is 3. The number of carbonyl (C=O) groups is 3. The Morgan fingerprint density at radius 2 is 2.14 bits per heavy atom. The molecular weight excluding hydrogens is 294 g/mol. The molecule has 2 N–H and O–H groups in total. The van der Waals surface area contributed by atoms with Gasteiger partial charge in [0, 0.05) is 18.3 Å². The zero-order valence-corrected chi connectivity index (χ0v) is 13.1. The van der Waals surface area contributed by atoms with E-state index in [0.717, 1.165) is 24.2 Å². The van der Waals surface area contributed by atoms with E-state index >= 15 is 0 Å². The van der Waals surface area contributed by atoms with Crippen LogP contribution < -0.4 is 10.6 Å². The van der Waals surface area contributed by atoms with Gasteiger partial charge in [-0.25, -0.2) is 9.78 Å². The number of hydrogen-bond acceptors (Lipinski definition) is 6. The molecule has 0 radical (unpaired) electrons. The molecule has 0 spiro atoms. The SMILES string of the molecule is CCCC(C)NC(=O)COC(=O)c1csc(NC(C)=O)n1. The Hall–Kier alpha value is -1.96. The average Bonchev–Trinajstić information content (AvgIpc) is 2.83. The molecule has 1 heterocycles. The number of nitrogens with zero attached hydrogens (tertiary/aromatic N) is 1. The van der Waals surface area contributed by atoms with Crippen LogP contribution in [-0.2, 0) is 14.3 Å². The first-order valence-electron chi connectivity index (χ1n) is 6.62. The maximum atomic E-state index is 11.7. The third-order valence-electron chi connectivity index (χ3n) is 2.46. The van der Waals surface area contributed by atoms with E-state index < -0.39 is 5.97 Å². The van der Waals surface area contributed by atoms with Gasteiger partial charge in [-0.1, -0.05) is 13.3 Å². The van der Waals surface area contributed by atoms with Gasteiger partial charge in [-0.15, -0.1) is 11.3 Å². The quantitative estimate of drug-likeness (QED) is 0.745. The van der Waals surface area contributed by atoms with Crippen LogP contribution in [0.3, 0.4) is 0 Å². The van der Waals surface area contributed by atoms with Gasteiger partial charge in [-0.3, -0.25) is 9.59 Å². The van der Waals surface area contributed by atoms with Gasteiger partial charge in [-0.05, 0) is 13.3 Å². The molecule has 0 aromatic carbocycles. The Kier molecular flexibility index (Phi) is 6.80. The van der Waals surface area contributed by atoms with Crippen LogP contribution >= 0.6 is 11.3 Å². The van der Waals surface area contributed by atoms with Crippen molar-refractivity contribution in [3.8, 4) is 0 Å². The van der Waals surface area contributed by atoms with E-state index in [9.17, 15) is 14.4 Å². The van der Waals surface area contributed by atoms with E-state index in [-0.39, 0.29) is 30.2 Å². The molecule has 0 aliphatic rings. The summed E-state index contributed by atoms with van der Waals surface area (Å²) in [6, 6.07) is 0.0480. The van der Waals surface area contributed by atoms with Gasteiger partial charge in [0.2, 0.25) is 5.91 Å². The number of amides is 2. The molecule has 116 valence electrons. The minimum Gasteiger partial charge on any atom is -0.451 e. The summed E-state index contributed by atoms with van der Waals surface area (Å²) in [5.74, 6) is -1.31. The molecule has 0 fully saturated rings. The number of rotatable bonds is 7. The van der Waals surface area contributed by atoms with E-state index in [1.165, 1.54) is 12.3 Å². The van der Waals surface area contributed by atoms with Crippen molar-refractivity contribution in [3.05, 3.63) is 11.1 Å². The van der Waals surface area contributed by atoms with Gasteiger partial charge in [0.25, 0.3) is 5.91 Å². The molecule has 1 aromatic heterocycles. The highest BCUT2D eigenvalue weighted by molar-refractivity contribution is 7.14. The highest BCUT2D eigenvalue weighted by Crippen LogP contribution is 2.15. The summed E-state index contributed by atoms with van der Waals surface area (Å²) in [5, 5.41) is 6.97. The normalized spacial score (nSPS) is 11.6. The molecule has 1 unspecified atom stereocenters. The summed E-state index contributed by atoms with van der Waals surface area (Å²) < 4.78 is 4.87. The van der Waals surface area contributed by atoms with Crippen molar-refractivity contribution in [2.75, 3.05) is 11.9 Å². The van der Waals surface area contributed by atoms with Crippen LogP contribution in [-0.4, -0.2) is 35.4 Å². The first kappa shape index (κ1) is 17.1. The van der Waals surface area contributed by atoms with Crippen LogP contribution in [0, 0.1) is 0 Å². The fourth-order valence-electron chi connectivity index (χ4n) is 1.60. The number of anilines is 1. The maximum absolute atomic E-state index is 11.7. The van der Waals surface area contributed by atoms with Gasteiger partial charge < -0.3 is 15.4 Å².